The van der Waals surface area contributed by atoms with Crippen LogP contribution in [-0.4, -0.2) is 36.6 Å². The van der Waals surface area contributed by atoms with Gasteiger partial charge in [0.05, 0.1) is 5.41 Å². The third kappa shape index (κ3) is 2.18. The third-order valence-electron chi connectivity index (χ3n) is 6.11. The van der Waals surface area contributed by atoms with Crippen molar-refractivity contribution < 1.29 is 9.53 Å². The predicted molar refractivity (Wildman–Crippen MR) is 85.8 cm³/mol. The van der Waals surface area contributed by atoms with E-state index in [1.54, 1.807) is 0 Å². The summed E-state index contributed by atoms with van der Waals surface area (Å²) in [6, 6.07) is 8.32. The molecule has 3 saturated heterocycles. The molecule has 1 unspecified atom stereocenters. The van der Waals surface area contributed by atoms with Crippen molar-refractivity contribution in [3.8, 4) is 0 Å². The number of fused-ring (bicyclic) bond motifs is 3. The molecule has 1 aromatic carbocycles. The zero-order valence-electron chi connectivity index (χ0n) is 13.4. The van der Waals surface area contributed by atoms with Crippen LogP contribution in [0.2, 0.25) is 0 Å². The largest absolute Gasteiger partial charge is 0.460 e. The highest BCUT2D eigenvalue weighted by molar-refractivity contribution is 5.85. The van der Waals surface area contributed by atoms with E-state index in [-0.39, 0.29) is 17.5 Å². The number of carbonyl (C=O) groups is 1. The lowest BCUT2D eigenvalue weighted by Crippen LogP contribution is -2.54. The van der Waals surface area contributed by atoms with Gasteiger partial charge in [-0.1, -0.05) is 30.7 Å². The molecule has 1 aromatic rings. The second-order valence-corrected chi connectivity index (χ2v) is 7.33. The zero-order valence-corrected chi connectivity index (χ0v) is 13.4. The van der Waals surface area contributed by atoms with E-state index in [9.17, 15) is 4.79 Å². The van der Waals surface area contributed by atoms with Crippen LogP contribution in [-0.2, 0) is 14.9 Å². The molecule has 0 aromatic heterocycles. The maximum atomic E-state index is 13.0. The highest BCUT2D eigenvalue weighted by atomic mass is 16.5. The molecule has 3 heterocycles. The number of piperidine rings is 3. The normalized spacial score (nSPS) is 32.3. The lowest BCUT2D eigenvalue weighted by atomic mass is 9.63. The van der Waals surface area contributed by atoms with Crippen LogP contribution < -0.4 is 0 Å². The molecule has 2 bridgehead atoms. The van der Waals surface area contributed by atoms with Gasteiger partial charge < -0.3 is 4.74 Å². The molecule has 5 rings (SSSR count). The molecule has 0 radical (unpaired) electrons. The average molecular weight is 299 g/mol. The van der Waals surface area contributed by atoms with Gasteiger partial charge in [0.15, 0.2) is 0 Å². The van der Waals surface area contributed by atoms with Gasteiger partial charge in [-0.15, -0.1) is 0 Å². The van der Waals surface area contributed by atoms with Crippen LogP contribution in [0.15, 0.2) is 24.3 Å². The number of carbonyl (C=O) groups excluding carboxylic acids is 1. The van der Waals surface area contributed by atoms with Crippen molar-refractivity contribution in [1.29, 1.82) is 0 Å². The number of aryl methyl sites for hydroxylation is 1. The summed E-state index contributed by atoms with van der Waals surface area (Å²) in [5.74, 6) is 0.620. The van der Waals surface area contributed by atoms with E-state index < -0.39 is 0 Å². The molecule has 4 aliphatic rings. The Balaban J connectivity index is 1.54. The summed E-state index contributed by atoms with van der Waals surface area (Å²) >= 11 is 0. The first-order valence-corrected chi connectivity index (χ1v) is 8.69. The summed E-state index contributed by atoms with van der Waals surface area (Å²) < 4.78 is 6.06. The minimum atomic E-state index is -0.364. The van der Waals surface area contributed by atoms with Crippen LogP contribution in [0.5, 0.6) is 0 Å². The first-order valence-electron chi connectivity index (χ1n) is 8.69. The molecule has 3 aliphatic heterocycles. The Bertz CT molecular complexity index is 571. The number of ether oxygens (including phenoxy) is 1. The summed E-state index contributed by atoms with van der Waals surface area (Å²) in [4.78, 5) is 15.4. The number of hydrogen-bond acceptors (Lipinski definition) is 3. The molecule has 1 saturated carbocycles. The molecule has 4 fully saturated rings. The van der Waals surface area contributed by atoms with Gasteiger partial charge in [0, 0.05) is 6.54 Å². The maximum Gasteiger partial charge on any atom is 0.316 e. The first-order chi connectivity index (χ1) is 10.7. The van der Waals surface area contributed by atoms with Gasteiger partial charge in [0.2, 0.25) is 0 Å². The standard InChI is InChI=1S/C19H25NO2/c1-14-5-2-3-6-16(14)19(9-4-10-19)18(21)22-17-13-20-11-7-15(17)8-12-20/h2-3,5-6,15,17H,4,7-13H2,1H3. The molecule has 0 spiro atoms. The Morgan fingerprint density at radius 2 is 1.95 bits per heavy atom. The number of rotatable bonds is 3. The Morgan fingerprint density at radius 3 is 2.50 bits per heavy atom. The van der Waals surface area contributed by atoms with Crippen LogP contribution in [0.1, 0.15) is 43.2 Å². The van der Waals surface area contributed by atoms with E-state index in [0.717, 1.165) is 25.8 Å². The second kappa shape index (κ2) is 5.38. The lowest BCUT2D eigenvalue weighted by Gasteiger charge is -2.47. The maximum absolute atomic E-state index is 13.0. The van der Waals surface area contributed by atoms with Gasteiger partial charge in [0.1, 0.15) is 6.10 Å². The molecular formula is C19H25NO2. The molecule has 3 heteroatoms. The monoisotopic (exact) mass is 299 g/mol. The van der Waals surface area contributed by atoms with Gasteiger partial charge in [-0.25, -0.2) is 0 Å². The summed E-state index contributed by atoms with van der Waals surface area (Å²) in [5.41, 5.74) is 2.04. The Hall–Kier alpha value is -1.35. The van der Waals surface area contributed by atoms with Crippen LogP contribution in [0.25, 0.3) is 0 Å². The first kappa shape index (κ1) is 14.3. The minimum Gasteiger partial charge on any atom is -0.460 e. The number of nitrogens with zero attached hydrogens (tertiary/aromatic N) is 1. The molecular weight excluding hydrogens is 274 g/mol. The van der Waals surface area contributed by atoms with Crippen molar-refractivity contribution in [3.63, 3.8) is 0 Å². The topological polar surface area (TPSA) is 29.5 Å². The van der Waals surface area contributed by atoms with Gasteiger partial charge in [0.25, 0.3) is 0 Å². The van der Waals surface area contributed by atoms with Crippen molar-refractivity contribution in [1.82, 2.24) is 4.90 Å². The lowest BCUT2D eigenvalue weighted by molar-refractivity contribution is -0.169. The van der Waals surface area contributed by atoms with Crippen LogP contribution >= 0.6 is 0 Å². The van der Waals surface area contributed by atoms with E-state index in [2.05, 4.69) is 24.0 Å². The SMILES string of the molecule is Cc1ccccc1C1(C(=O)OC2CN3CCC2CC3)CCC1. The Kier molecular flexibility index (Phi) is 3.48. The van der Waals surface area contributed by atoms with Gasteiger partial charge >= 0.3 is 5.97 Å². The molecule has 118 valence electrons. The van der Waals surface area contributed by atoms with E-state index in [1.807, 2.05) is 12.1 Å². The fourth-order valence-electron chi connectivity index (χ4n) is 4.52. The minimum absolute atomic E-state index is 0.0341. The van der Waals surface area contributed by atoms with E-state index >= 15 is 0 Å². The van der Waals surface area contributed by atoms with Gasteiger partial charge in [-0.05, 0) is 62.7 Å². The van der Waals surface area contributed by atoms with Gasteiger partial charge in [-0.3, -0.25) is 9.69 Å². The van der Waals surface area contributed by atoms with Crippen molar-refractivity contribution in [2.75, 3.05) is 19.6 Å². The summed E-state index contributed by atoms with van der Waals surface area (Å²) in [7, 11) is 0. The second-order valence-electron chi connectivity index (χ2n) is 7.33. The van der Waals surface area contributed by atoms with Crippen LogP contribution in [0, 0.1) is 12.8 Å². The highest BCUT2D eigenvalue weighted by Gasteiger charge is 2.49. The summed E-state index contributed by atoms with van der Waals surface area (Å²) in [6.45, 7) is 5.42. The molecule has 0 N–H and O–H groups in total. The molecule has 1 aliphatic carbocycles. The summed E-state index contributed by atoms with van der Waals surface area (Å²) in [5, 5.41) is 0. The Labute approximate surface area is 132 Å². The molecule has 1 atom stereocenters. The zero-order chi connectivity index (χ0) is 15.2. The quantitative estimate of drug-likeness (QED) is 0.803. The molecule has 22 heavy (non-hydrogen) atoms. The van der Waals surface area contributed by atoms with Crippen molar-refractivity contribution in [3.05, 3.63) is 35.4 Å². The average Bonchev–Trinajstić information content (AvgIpc) is 2.49. The third-order valence-corrected chi connectivity index (χ3v) is 6.11. The van der Waals surface area contributed by atoms with Gasteiger partial charge in [-0.2, -0.15) is 0 Å². The van der Waals surface area contributed by atoms with E-state index in [1.165, 1.54) is 37.1 Å². The molecule has 0 amide bonds. The van der Waals surface area contributed by atoms with Crippen LogP contribution in [0.4, 0.5) is 0 Å². The number of benzene rings is 1. The van der Waals surface area contributed by atoms with Crippen molar-refractivity contribution >= 4 is 5.97 Å². The van der Waals surface area contributed by atoms with Crippen molar-refractivity contribution in [2.45, 2.75) is 50.5 Å². The van der Waals surface area contributed by atoms with Crippen LogP contribution in [0.3, 0.4) is 0 Å². The Morgan fingerprint density at radius 1 is 1.23 bits per heavy atom. The smallest absolute Gasteiger partial charge is 0.316 e. The highest BCUT2D eigenvalue weighted by Crippen LogP contribution is 2.46. The fraction of sp³-hybridized carbons (Fsp3) is 0.632. The predicted octanol–water partition coefficient (Wildman–Crippen LogP) is 3.05. The molecule has 3 nitrogen and oxygen atoms in total. The van der Waals surface area contributed by atoms with Crippen molar-refractivity contribution in [2.24, 2.45) is 5.92 Å². The summed E-state index contributed by atoms with van der Waals surface area (Å²) in [6.07, 6.45) is 5.51. The van der Waals surface area contributed by atoms with E-state index in [4.69, 9.17) is 4.74 Å². The number of hydrogen-bond donors (Lipinski definition) is 0. The fourth-order valence-corrected chi connectivity index (χ4v) is 4.52. The number of esters is 1. The van der Waals surface area contributed by atoms with E-state index in [0.29, 0.717) is 5.92 Å².